The Kier molecular flexibility index (Phi) is 3.19. The third kappa shape index (κ3) is 2.06. The fourth-order valence-electron chi connectivity index (χ4n) is 2.84. The Morgan fingerprint density at radius 1 is 1.00 bits per heavy atom. The van der Waals surface area contributed by atoms with E-state index in [1.54, 1.807) is 11.3 Å². The summed E-state index contributed by atoms with van der Waals surface area (Å²) in [5.41, 5.74) is 4.97. The van der Waals surface area contributed by atoms with Crippen LogP contribution in [0.25, 0.3) is 10.1 Å². The van der Waals surface area contributed by atoms with Crippen molar-refractivity contribution in [1.29, 1.82) is 0 Å². The Balaban J connectivity index is 2.21. The molecule has 0 aliphatic carbocycles. The van der Waals surface area contributed by atoms with Crippen molar-refractivity contribution in [3.8, 4) is 0 Å². The van der Waals surface area contributed by atoms with Gasteiger partial charge < -0.3 is 0 Å². The van der Waals surface area contributed by atoms with Crippen LogP contribution < -0.4 is 0 Å². The molecule has 0 unspecified atom stereocenters. The second-order valence-corrected chi connectivity index (χ2v) is 6.16. The Morgan fingerprint density at radius 3 is 2.40 bits per heavy atom. The van der Waals surface area contributed by atoms with E-state index in [2.05, 4.69) is 31.2 Å². The summed E-state index contributed by atoms with van der Waals surface area (Å²) in [5, 5.41) is 3.18. The lowest BCUT2D eigenvalue weighted by atomic mass is 9.93. The lowest BCUT2D eigenvalue weighted by molar-refractivity contribution is 0.103. The number of ketones is 1. The van der Waals surface area contributed by atoms with Crippen LogP contribution in [0.5, 0.6) is 0 Å². The van der Waals surface area contributed by atoms with Crippen LogP contribution in [0.15, 0.2) is 41.8 Å². The molecule has 2 aromatic carbocycles. The van der Waals surface area contributed by atoms with Gasteiger partial charge in [0.2, 0.25) is 0 Å². The van der Waals surface area contributed by atoms with E-state index in [-0.39, 0.29) is 5.78 Å². The van der Waals surface area contributed by atoms with Crippen LogP contribution in [-0.4, -0.2) is 5.78 Å². The van der Waals surface area contributed by atoms with Gasteiger partial charge in [-0.15, -0.1) is 11.3 Å². The maximum absolute atomic E-state index is 12.9. The first-order valence-electron chi connectivity index (χ1n) is 6.66. The summed E-state index contributed by atoms with van der Waals surface area (Å²) < 4.78 is 1.08. The first kappa shape index (κ1) is 13.1. The summed E-state index contributed by atoms with van der Waals surface area (Å²) in [6.07, 6.45) is 0. The molecule has 3 aromatic rings. The van der Waals surface area contributed by atoms with Gasteiger partial charge in [0.1, 0.15) is 0 Å². The topological polar surface area (TPSA) is 17.1 Å². The number of hydrogen-bond donors (Lipinski definition) is 0. The van der Waals surface area contributed by atoms with Crippen LogP contribution in [0.3, 0.4) is 0 Å². The van der Waals surface area contributed by atoms with Crippen molar-refractivity contribution in [2.24, 2.45) is 0 Å². The highest BCUT2D eigenvalue weighted by Crippen LogP contribution is 2.28. The zero-order valence-electron chi connectivity index (χ0n) is 11.9. The molecule has 0 atom stereocenters. The maximum atomic E-state index is 12.9. The van der Waals surface area contributed by atoms with Crippen LogP contribution in [0, 0.1) is 20.8 Å². The number of thiophene rings is 1. The van der Waals surface area contributed by atoms with Crippen molar-refractivity contribution in [1.82, 2.24) is 0 Å². The highest BCUT2D eigenvalue weighted by molar-refractivity contribution is 7.17. The van der Waals surface area contributed by atoms with Crippen molar-refractivity contribution in [2.75, 3.05) is 0 Å². The average molecular weight is 280 g/mol. The highest BCUT2D eigenvalue weighted by Gasteiger charge is 2.17. The van der Waals surface area contributed by atoms with E-state index in [1.807, 2.05) is 31.4 Å². The molecule has 20 heavy (non-hydrogen) atoms. The summed E-state index contributed by atoms with van der Waals surface area (Å²) >= 11 is 1.63. The molecular weight excluding hydrogens is 264 g/mol. The minimum atomic E-state index is 0.132. The lowest BCUT2D eigenvalue weighted by Crippen LogP contribution is -2.07. The molecule has 100 valence electrons. The summed E-state index contributed by atoms with van der Waals surface area (Å²) in [6, 6.07) is 12.2. The molecule has 1 nitrogen and oxygen atoms in total. The van der Waals surface area contributed by atoms with Gasteiger partial charge in [-0.2, -0.15) is 0 Å². The van der Waals surface area contributed by atoms with Crippen molar-refractivity contribution in [3.63, 3.8) is 0 Å². The normalized spacial score (nSPS) is 10.9. The minimum absolute atomic E-state index is 0.132. The van der Waals surface area contributed by atoms with Gasteiger partial charge in [0, 0.05) is 15.8 Å². The molecule has 0 saturated heterocycles. The lowest BCUT2D eigenvalue weighted by Gasteiger charge is -2.11. The molecular formula is C18H16OS. The van der Waals surface area contributed by atoms with Crippen molar-refractivity contribution < 1.29 is 4.79 Å². The molecule has 0 fully saturated rings. The molecule has 1 heterocycles. The van der Waals surface area contributed by atoms with Crippen molar-refractivity contribution in [3.05, 3.63) is 69.6 Å². The zero-order chi connectivity index (χ0) is 14.3. The van der Waals surface area contributed by atoms with Gasteiger partial charge in [-0.1, -0.05) is 29.8 Å². The van der Waals surface area contributed by atoms with Crippen molar-refractivity contribution >= 4 is 27.2 Å². The van der Waals surface area contributed by atoms with E-state index in [0.717, 1.165) is 32.3 Å². The SMILES string of the molecule is Cc1cc(C)c(C(=O)c2cccc3ccsc23)c(C)c1. The number of carbonyl (C=O) groups excluding carboxylic acids is 1. The summed E-state index contributed by atoms with van der Waals surface area (Å²) in [7, 11) is 0. The molecule has 0 radical (unpaired) electrons. The Bertz CT molecular complexity index is 788. The fourth-order valence-corrected chi connectivity index (χ4v) is 3.76. The number of aryl methyl sites for hydroxylation is 3. The smallest absolute Gasteiger partial charge is 0.194 e. The first-order chi connectivity index (χ1) is 9.58. The molecule has 0 spiro atoms. The zero-order valence-corrected chi connectivity index (χ0v) is 12.7. The minimum Gasteiger partial charge on any atom is -0.289 e. The number of carbonyl (C=O) groups is 1. The standard InChI is InChI=1S/C18H16OS/c1-11-9-12(2)16(13(3)10-11)17(19)15-6-4-5-14-7-8-20-18(14)15/h4-10H,1-3H3. The number of hydrogen-bond acceptors (Lipinski definition) is 2. The number of benzene rings is 2. The largest absolute Gasteiger partial charge is 0.289 e. The summed E-state index contributed by atoms with van der Waals surface area (Å²) in [6.45, 7) is 6.10. The summed E-state index contributed by atoms with van der Waals surface area (Å²) in [4.78, 5) is 12.9. The molecule has 0 bridgehead atoms. The van der Waals surface area contributed by atoms with E-state index in [1.165, 1.54) is 5.56 Å². The monoisotopic (exact) mass is 280 g/mol. The second kappa shape index (κ2) is 4.88. The Hall–Kier alpha value is -1.93. The van der Waals surface area contributed by atoms with Gasteiger partial charge in [0.15, 0.2) is 5.78 Å². The quantitative estimate of drug-likeness (QED) is 0.600. The third-order valence-electron chi connectivity index (χ3n) is 3.63. The number of rotatable bonds is 2. The predicted octanol–water partition coefficient (Wildman–Crippen LogP) is 5.06. The molecule has 3 rings (SSSR count). The Morgan fingerprint density at radius 2 is 1.70 bits per heavy atom. The molecule has 2 heteroatoms. The molecule has 0 aliphatic heterocycles. The predicted molar refractivity (Wildman–Crippen MR) is 85.9 cm³/mol. The third-order valence-corrected chi connectivity index (χ3v) is 4.59. The van der Waals surface area contributed by atoms with Crippen molar-refractivity contribution in [2.45, 2.75) is 20.8 Å². The van der Waals surface area contributed by atoms with Gasteiger partial charge in [0.25, 0.3) is 0 Å². The van der Waals surface area contributed by atoms with Gasteiger partial charge in [0.05, 0.1) is 0 Å². The fraction of sp³-hybridized carbons (Fsp3) is 0.167. The molecule has 0 aliphatic rings. The number of fused-ring (bicyclic) bond motifs is 1. The van der Waals surface area contributed by atoms with Crippen LogP contribution in [0.4, 0.5) is 0 Å². The second-order valence-electron chi connectivity index (χ2n) is 5.25. The van der Waals surface area contributed by atoms with Crippen LogP contribution >= 0.6 is 11.3 Å². The van der Waals surface area contributed by atoms with Crippen LogP contribution in [0.1, 0.15) is 32.6 Å². The van der Waals surface area contributed by atoms with E-state index >= 15 is 0 Å². The summed E-state index contributed by atoms with van der Waals surface area (Å²) in [5.74, 6) is 0.132. The molecule has 0 saturated carbocycles. The van der Waals surface area contributed by atoms with E-state index in [0.29, 0.717) is 0 Å². The highest BCUT2D eigenvalue weighted by atomic mass is 32.1. The van der Waals surface area contributed by atoms with Crippen LogP contribution in [-0.2, 0) is 0 Å². The van der Waals surface area contributed by atoms with Gasteiger partial charge in [-0.3, -0.25) is 4.79 Å². The molecule has 1 aromatic heterocycles. The first-order valence-corrected chi connectivity index (χ1v) is 7.54. The van der Waals surface area contributed by atoms with Gasteiger partial charge in [-0.05, 0) is 54.8 Å². The van der Waals surface area contributed by atoms with E-state index in [9.17, 15) is 4.79 Å². The molecule has 0 amide bonds. The van der Waals surface area contributed by atoms with E-state index < -0.39 is 0 Å². The molecule has 0 N–H and O–H groups in total. The van der Waals surface area contributed by atoms with E-state index in [4.69, 9.17) is 0 Å². The van der Waals surface area contributed by atoms with Gasteiger partial charge >= 0.3 is 0 Å². The maximum Gasteiger partial charge on any atom is 0.194 e. The van der Waals surface area contributed by atoms with Gasteiger partial charge in [-0.25, -0.2) is 0 Å². The Labute approximate surface area is 122 Å². The average Bonchev–Trinajstić information content (AvgIpc) is 2.85. The van der Waals surface area contributed by atoms with Crippen LogP contribution in [0.2, 0.25) is 0 Å².